The number of nitrogens with one attached hydrogen (secondary N) is 1. The van der Waals surface area contributed by atoms with Gasteiger partial charge in [0.1, 0.15) is 11.5 Å². The summed E-state index contributed by atoms with van der Waals surface area (Å²) in [6.07, 6.45) is 0.211. The number of hydrogen-bond acceptors (Lipinski definition) is 4. The molecule has 0 heterocycles. The number of methoxy groups -OCH3 is 1. The summed E-state index contributed by atoms with van der Waals surface area (Å²) in [6, 6.07) is 5.98. The smallest absolute Gasteiger partial charge is 0.220 e. The summed E-state index contributed by atoms with van der Waals surface area (Å²) in [5.74, 6) is 1.16. The lowest BCUT2D eigenvalue weighted by molar-refractivity contribution is -0.118. The minimum Gasteiger partial charge on any atom is -0.497 e. The average molecular weight is 266 g/mol. The number of primary amides is 1. The fourth-order valence-corrected chi connectivity index (χ4v) is 1.54. The quantitative estimate of drug-likeness (QED) is 0.747. The highest BCUT2D eigenvalue weighted by atomic mass is 16.5. The zero-order valence-electron chi connectivity index (χ0n) is 11.7. The second-order valence-corrected chi connectivity index (χ2v) is 4.57. The van der Waals surface area contributed by atoms with Gasteiger partial charge in [-0.2, -0.15) is 0 Å². The maximum Gasteiger partial charge on any atom is 0.220 e. The first-order valence-corrected chi connectivity index (χ1v) is 6.34. The van der Waals surface area contributed by atoms with Crippen molar-refractivity contribution in [2.24, 2.45) is 5.73 Å². The molecule has 106 valence electrons. The molecule has 0 aliphatic rings. The van der Waals surface area contributed by atoms with E-state index in [2.05, 4.69) is 19.2 Å². The van der Waals surface area contributed by atoms with Gasteiger partial charge in [0.05, 0.1) is 20.1 Å². The maximum atomic E-state index is 10.7. The number of nitrogens with two attached hydrogens (primary N) is 1. The third-order valence-corrected chi connectivity index (χ3v) is 2.57. The molecule has 0 saturated heterocycles. The summed E-state index contributed by atoms with van der Waals surface area (Å²) in [4.78, 5) is 10.7. The highest BCUT2D eigenvalue weighted by molar-refractivity contribution is 5.73. The van der Waals surface area contributed by atoms with Gasteiger partial charge in [0.25, 0.3) is 0 Å². The molecule has 0 radical (unpaired) electrons. The van der Waals surface area contributed by atoms with Crippen LogP contribution in [-0.4, -0.2) is 25.7 Å². The summed E-state index contributed by atoms with van der Waals surface area (Å²) < 4.78 is 10.8. The van der Waals surface area contributed by atoms with Gasteiger partial charge in [0.2, 0.25) is 5.91 Å². The van der Waals surface area contributed by atoms with E-state index in [1.807, 2.05) is 18.2 Å². The molecule has 0 fully saturated rings. The van der Waals surface area contributed by atoms with E-state index in [0.29, 0.717) is 12.6 Å². The molecule has 0 saturated carbocycles. The van der Waals surface area contributed by atoms with E-state index in [9.17, 15) is 4.79 Å². The molecule has 0 aliphatic heterocycles. The summed E-state index contributed by atoms with van der Waals surface area (Å²) in [5, 5.41) is 3.33. The molecule has 5 nitrogen and oxygen atoms in total. The van der Waals surface area contributed by atoms with Gasteiger partial charge in [0, 0.05) is 18.2 Å². The van der Waals surface area contributed by atoms with Crippen molar-refractivity contribution >= 4 is 5.91 Å². The number of carbonyl (C=O) groups excluding carboxylic acids is 1. The van der Waals surface area contributed by atoms with Crippen LogP contribution in [0.4, 0.5) is 0 Å². The lowest BCUT2D eigenvalue weighted by Crippen LogP contribution is -2.22. The van der Waals surface area contributed by atoms with Crippen LogP contribution in [-0.2, 0) is 11.3 Å². The molecule has 19 heavy (non-hydrogen) atoms. The van der Waals surface area contributed by atoms with Crippen LogP contribution < -0.4 is 20.5 Å². The van der Waals surface area contributed by atoms with Gasteiger partial charge in [-0.05, 0) is 18.2 Å². The third-order valence-electron chi connectivity index (χ3n) is 2.57. The Hall–Kier alpha value is -1.75. The fourth-order valence-electron chi connectivity index (χ4n) is 1.54. The molecule has 0 atom stereocenters. The number of benzene rings is 1. The fraction of sp³-hybridized carbons (Fsp3) is 0.500. The lowest BCUT2D eigenvalue weighted by atomic mass is 10.1. The van der Waals surface area contributed by atoms with E-state index in [-0.39, 0.29) is 18.9 Å². The van der Waals surface area contributed by atoms with Crippen molar-refractivity contribution in [3.05, 3.63) is 23.8 Å². The van der Waals surface area contributed by atoms with Gasteiger partial charge in [0.15, 0.2) is 0 Å². The van der Waals surface area contributed by atoms with Crippen molar-refractivity contribution in [1.29, 1.82) is 0 Å². The Morgan fingerprint density at radius 3 is 2.74 bits per heavy atom. The first kappa shape index (κ1) is 15.3. The van der Waals surface area contributed by atoms with Crippen LogP contribution in [0.3, 0.4) is 0 Å². The molecule has 0 unspecified atom stereocenters. The van der Waals surface area contributed by atoms with Gasteiger partial charge < -0.3 is 20.5 Å². The van der Waals surface area contributed by atoms with Crippen LogP contribution in [0.1, 0.15) is 25.8 Å². The normalized spacial score (nSPS) is 10.5. The van der Waals surface area contributed by atoms with E-state index >= 15 is 0 Å². The molecule has 1 rings (SSSR count). The molecule has 0 aliphatic carbocycles. The van der Waals surface area contributed by atoms with E-state index in [1.54, 1.807) is 7.11 Å². The maximum absolute atomic E-state index is 10.7. The van der Waals surface area contributed by atoms with Crippen molar-refractivity contribution in [3.63, 3.8) is 0 Å². The summed E-state index contributed by atoms with van der Waals surface area (Å²) in [5.41, 5.74) is 6.09. The molecule has 1 aromatic rings. The van der Waals surface area contributed by atoms with Crippen LogP contribution >= 0.6 is 0 Å². The van der Waals surface area contributed by atoms with Crippen LogP contribution in [0.15, 0.2) is 18.2 Å². The Labute approximate surface area is 114 Å². The Morgan fingerprint density at radius 1 is 1.42 bits per heavy atom. The zero-order valence-corrected chi connectivity index (χ0v) is 11.7. The minimum atomic E-state index is -0.365. The van der Waals surface area contributed by atoms with Crippen molar-refractivity contribution in [1.82, 2.24) is 5.32 Å². The van der Waals surface area contributed by atoms with Crippen molar-refractivity contribution in [3.8, 4) is 11.5 Å². The van der Waals surface area contributed by atoms with Crippen LogP contribution in [0.5, 0.6) is 11.5 Å². The number of ether oxygens (including phenoxy) is 2. The Morgan fingerprint density at radius 2 is 2.16 bits per heavy atom. The highest BCUT2D eigenvalue weighted by Gasteiger charge is 2.07. The summed E-state index contributed by atoms with van der Waals surface area (Å²) in [7, 11) is 1.63. The molecule has 1 amide bonds. The summed E-state index contributed by atoms with van der Waals surface area (Å²) in [6.45, 7) is 5.12. The predicted molar refractivity (Wildman–Crippen MR) is 74.3 cm³/mol. The number of rotatable bonds is 8. The topological polar surface area (TPSA) is 73.6 Å². The first-order valence-electron chi connectivity index (χ1n) is 6.34. The van der Waals surface area contributed by atoms with Gasteiger partial charge in [-0.1, -0.05) is 13.8 Å². The monoisotopic (exact) mass is 266 g/mol. The van der Waals surface area contributed by atoms with E-state index in [1.165, 1.54) is 0 Å². The van der Waals surface area contributed by atoms with Gasteiger partial charge in [-0.3, -0.25) is 4.79 Å². The molecule has 0 aromatic heterocycles. The zero-order chi connectivity index (χ0) is 14.3. The molecule has 3 N–H and O–H groups in total. The molecular weight excluding hydrogens is 244 g/mol. The summed E-state index contributed by atoms with van der Waals surface area (Å²) >= 11 is 0. The molecule has 0 spiro atoms. The average Bonchev–Trinajstić information content (AvgIpc) is 2.36. The Balaban J connectivity index is 2.73. The highest BCUT2D eigenvalue weighted by Crippen LogP contribution is 2.24. The number of amides is 1. The Kier molecular flexibility index (Phi) is 6.15. The molecule has 0 bridgehead atoms. The number of hydrogen-bond donors (Lipinski definition) is 2. The number of carbonyl (C=O) groups is 1. The second kappa shape index (κ2) is 7.63. The minimum absolute atomic E-state index is 0.211. The van der Waals surface area contributed by atoms with Crippen molar-refractivity contribution in [2.75, 3.05) is 13.7 Å². The van der Waals surface area contributed by atoms with Gasteiger partial charge in [-0.25, -0.2) is 0 Å². The van der Waals surface area contributed by atoms with Crippen molar-refractivity contribution in [2.45, 2.75) is 32.9 Å². The standard InChI is InChI=1S/C14H22N2O3/c1-10(2)16-9-11-8-12(18-3)4-5-13(11)19-7-6-14(15)17/h4-5,8,10,16H,6-7,9H2,1-3H3,(H2,15,17). The van der Waals surface area contributed by atoms with Gasteiger partial charge in [-0.15, -0.1) is 0 Å². The van der Waals surface area contributed by atoms with Gasteiger partial charge >= 0.3 is 0 Å². The van der Waals surface area contributed by atoms with E-state index in [0.717, 1.165) is 17.1 Å². The Bertz CT molecular complexity index is 419. The van der Waals surface area contributed by atoms with Crippen LogP contribution in [0, 0.1) is 0 Å². The van der Waals surface area contributed by atoms with Crippen LogP contribution in [0.25, 0.3) is 0 Å². The largest absolute Gasteiger partial charge is 0.497 e. The molecular formula is C14H22N2O3. The second-order valence-electron chi connectivity index (χ2n) is 4.57. The predicted octanol–water partition coefficient (Wildman–Crippen LogP) is 1.45. The van der Waals surface area contributed by atoms with E-state index < -0.39 is 0 Å². The SMILES string of the molecule is COc1ccc(OCCC(N)=O)c(CNC(C)C)c1. The van der Waals surface area contributed by atoms with E-state index in [4.69, 9.17) is 15.2 Å². The van der Waals surface area contributed by atoms with Crippen LogP contribution in [0.2, 0.25) is 0 Å². The first-order chi connectivity index (χ1) is 9.02. The molecule has 5 heteroatoms. The third kappa shape index (κ3) is 5.61. The van der Waals surface area contributed by atoms with Crippen molar-refractivity contribution < 1.29 is 14.3 Å². The lowest BCUT2D eigenvalue weighted by Gasteiger charge is -2.14. The molecule has 1 aromatic carbocycles.